The molecule has 1 heterocycles. The summed E-state index contributed by atoms with van der Waals surface area (Å²) in [4.78, 5) is 14.3. The Kier molecular flexibility index (Phi) is 6.05. The van der Waals surface area contributed by atoms with Crippen molar-refractivity contribution in [1.82, 2.24) is 10.2 Å². The Morgan fingerprint density at radius 2 is 2.17 bits per heavy atom. The number of carbonyl (C=O) groups excluding carboxylic acids is 1. The van der Waals surface area contributed by atoms with Crippen LogP contribution in [0.2, 0.25) is 0 Å². The number of methoxy groups -OCH3 is 1. The highest BCUT2D eigenvalue weighted by molar-refractivity contribution is 5.82. The van der Waals surface area contributed by atoms with Gasteiger partial charge in [0, 0.05) is 26.1 Å². The molecule has 0 aromatic heterocycles. The van der Waals surface area contributed by atoms with Gasteiger partial charge in [0.1, 0.15) is 5.54 Å². The first kappa shape index (κ1) is 15.4. The van der Waals surface area contributed by atoms with Crippen molar-refractivity contribution in [2.45, 2.75) is 38.8 Å². The maximum atomic E-state index is 12.0. The lowest BCUT2D eigenvalue weighted by Crippen LogP contribution is -2.58. The van der Waals surface area contributed by atoms with Crippen LogP contribution in [0.5, 0.6) is 0 Å². The SMILES string of the molecule is CCN(CC)CCNC1(C(=O)OC)CCOC1C. The maximum absolute atomic E-state index is 12.0. The van der Waals surface area contributed by atoms with Crippen LogP contribution in [-0.4, -0.2) is 62.4 Å². The number of hydrogen-bond acceptors (Lipinski definition) is 5. The van der Waals surface area contributed by atoms with E-state index in [-0.39, 0.29) is 12.1 Å². The number of nitrogens with zero attached hydrogens (tertiary/aromatic N) is 1. The molecule has 0 aliphatic carbocycles. The van der Waals surface area contributed by atoms with E-state index in [1.807, 2.05) is 6.92 Å². The molecule has 5 heteroatoms. The smallest absolute Gasteiger partial charge is 0.328 e. The fourth-order valence-electron chi connectivity index (χ4n) is 2.47. The summed E-state index contributed by atoms with van der Waals surface area (Å²) in [6.07, 6.45) is 0.542. The van der Waals surface area contributed by atoms with Crippen molar-refractivity contribution in [3.63, 3.8) is 0 Å². The molecule has 2 atom stereocenters. The normalized spacial score (nSPS) is 27.7. The molecule has 1 fully saturated rings. The van der Waals surface area contributed by atoms with Crippen LogP contribution >= 0.6 is 0 Å². The monoisotopic (exact) mass is 258 g/mol. The predicted octanol–water partition coefficient (Wildman–Crippen LogP) is 0.638. The van der Waals surface area contributed by atoms with Gasteiger partial charge in [-0.3, -0.25) is 5.32 Å². The Hall–Kier alpha value is -0.650. The van der Waals surface area contributed by atoms with Crippen molar-refractivity contribution in [1.29, 1.82) is 0 Å². The van der Waals surface area contributed by atoms with Gasteiger partial charge in [-0.2, -0.15) is 0 Å². The first-order valence-corrected chi connectivity index (χ1v) is 6.78. The van der Waals surface area contributed by atoms with Gasteiger partial charge in [0.2, 0.25) is 0 Å². The summed E-state index contributed by atoms with van der Waals surface area (Å²) in [7, 11) is 1.43. The third-order valence-corrected chi connectivity index (χ3v) is 3.87. The van der Waals surface area contributed by atoms with Crippen LogP contribution in [0.1, 0.15) is 27.2 Å². The van der Waals surface area contributed by atoms with Crippen molar-refractivity contribution >= 4 is 5.97 Å². The van der Waals surface area contributed by atoms with Crippen LogP contribution in [0.25, 0.3) is 0 Å². The number of ether oxygens (including phenoxy) is 2. The van der Waals surface area contributed by atoms with Gasteiger partial charge in [-0.25, -0.2) is 4.79 Å². The zero-order chi connectivity index (χ0) is 13.6. The molecule has 5 nitrogen and oxygen atoms in total. The molecule has 0 saturated carbocycles. The van der Waals surface area contributed by atoms with Crippen molar-refractivity contribution < 1.29 is 14.3 Å². The van der Waals surface area contributed by atoms with Gasteiger partial charge in [-0.15, -0.1) is 0 Å². The number of carbonyl (C=O) groups is 1. The molecule has 1 aliphatic heterocycles. The van der Waals surface area contributed by atoms with Crippen LogP contribution in [-0.2, 0) is 14.3 Å². The Morgan fingerprint density at radius 1 is 1.50 bits per heavy atom. The van der Waals surface area contributed by atoms with Crippen LogP contribution < -0.4 is 5.32 Å². The molecule has 0 radical (unpaired) electrons. The average Bonchev–Trinajstić information content (AvgIpc) is 2.76. The fourth-order valence-corrected chi connectivity index (χ4v) is 2.47. The molecule has 106 valence electrons. The fraction of sp³-hybridized carbons (Fsp3) is 0.923. The zero-order valence-electron chi connectivity index (χ0n) is 12.0. The van der Waals surface area contributed by atoms with Gasteiger partial charge in [-0.1, -0.05) is 13.8 Å². The molecule has 1 saturated heterocycles. The van der Waals surface area contributed by atoms with Gasteiger partial charge in [0.15, 0.2) is 0 Å². The van der Waals surface area contributed by atoms with Crippen LogP contribution in [0, 0.1) is 0 Å². The Balaban J connectivity index is 2.55. The molecule has 1 N–H and O–H groups in total. The van der Waals surface area contributed by atoms with Crippen molar-refractivity contribution in [3.05, 3.63) is 0 Å². The van der Waals surface area contributed by atoms with E-state index in [4.69, 9.17) is 9.47 Å². The van der Waals surface area contributed by atoms with E-state index in [2.05, 4.69) is 24.1 Å². The van der Waals surface area contributed by atoms with Gasteiger partial charge in [0.25, 0.3) is 0 Å². The first-order chi connectivity index (χ1) is 8.60. The van der Waals surface area contributed by atoms with Gasteiger partial charge >= 0.3 is 5.97 Å². The van der Waals surface area contributed by atoms with Crippen molar-refractivity contribution in [2.24, 2.45) is 0 Å². The Morgan fingerprint density at radius 3 is 2.61 bits per heavy atom. The Bertz CT molecular complexity index is 269. The van der Waals surface area contributed by atoms with Gasteiger partial charge in [-0.05, 0) is 20.0 Å². The standard InChI is InChI=1S/C13H26N2O3/c1-5-15(6-2)9-8-14-13(12(16)17-4)7-10-18-11(13)3/h11,14H,5-10H2,1-4H3. The van der Waals surface area contributed by atoms with E-state index >= 15 is 0 Å². The van der Waals surface area contributed by atoms with E-state index < -0.39 is 5.54 Å². The van der Waals surface area contributed by atoms with Crippen LogP contribution in [0.4, 0.5) is 0 Å². The minimum absolute atomic E-state index is 0.137. The summed E-state index contributed by atoms with van der Waals surface area (Å²) in [6.45, 7) is 10.6. The molecule has 1 aliphatic rings. The van der Waals surface area contributed by atoms with Gasteiger partial charge in [0.05, 0.1) is 13.2 Å². The second-order valence-corrected chi connectivity index (χ2v) is 4.68. The van der Waals surface area contributed by atoms with E-state index in [0.29, 0.717) is 13.0 Å². The minimum atomic E-state index is -0.665. The lowest BCUT2D eigenvalue weighted by Gasteiger charge is -2.31. The summed E-state index contributed by atoms with van der Waals surface area (Å²) in [5.74, 6) is -0.216. The summed E-state index contributed by atoms with van der Waals surface area (Å²) >= 11 is 0. The lowest BCUT2D eigenvalue weighted by molar-refractivity contribution is -0.150. The summed E-state index contributed by atoms with van der Waals surface area (Å²) < 4.78 is 10.4. The Labute approximate surface area is 110 Å². The second-order valence-electron chi connectivity index (χ2n) is 4.68. The third kappa shape index (κ3) is 3.22. The van der Waals surface area contributed by atoms with E-state index in [1.165, 1.54) is 7.11 Å². The molecule has 0 aromatic rings. The molecule has 1 rings (SSSR count). The first-order valence-electron chi connectivity index (χ1n) is 6.78. The quantitative estimate of drug-likeness (QED) is 0.679. The van der Waals surface area contributed by atoms with E-state index in [9.17, 15) is 4.79 Å². The van der Waals surface area contributed by atoms with Crippen molar-refractivity contribution in [3.8, 4) is 0 Å². The highest BCUT2D eigenvalue weighted by atomic mass is 16.5. The van der Waals surface area contributed by atoms with Crippen LogP contribution in [0.15, 0.2) is 0 Å². The highest BCUT2D eigenvalue weighted by Gasteiger charge is 2.48. The number of likely N-dealkylation sites (N-methyl/N-ethyl adjacent to an activating group) is 1. The average molecular weight is 258 g/mol. The molecule has 2 unspecified atom stereocenters. The molecule has 0 aromatic carbocycles. The molecule has 0 bridgehead atoms. The lowest BCUT2D eigenvalue weighted by atomic mass is 9.92. The summed E-state index contributed by atoms with van der Waals surface area (Å²) in [5, 5.41) is 3.35. The number of rotatable bonds is 7. The third-order valence-electron chi connectivity index (χ3n) is 3.87. The molecule has 0 spiro atoms. The minimum Gasteiger partial charge on any atom is -0.468 e. The maximum Gasteiger partial charge on any atom is 0.328 e. The second kappa shape index (κ2) is 7.07. The van der Waals surface area contributed by atoms with E-state index in [1.54, 1.807) is 0 Å². The number of hydrogen-bond donors (Lipinski definition) is 1. The molecular weight excluding hydrogens is 232 g/mol. The topological polar surface area (TPSA) is 50.8 Å². The van der Waals surface area contributed by atoms with E-state index in [0.717, 1.165) is 26.2 Å². The highest BCUT2D eigenvalue weighted by Crippen LogP contribution is 2.27. The zero-order valence-corrected chi connectivity index (χ0v) is 12.0. The number of esters is 1. The predicted molar refractivity (Wildman–Crippen MR) is 70.6 cm³/mol. The molecule has 18 heavy (non-hydrogen) atoms. The van der Waals surface area contributed by atoms with Crippen molar-refractivity contribution in [2.75, 3.05) is 39.9 Å². The summed E-state index contributed by atoms with van der Waals surface area (Å²) in [5.41, 5.74) is -0.665. The largest absolute Gasteiger partial charge is 0.468 e. The summed E-state index contributed by atoms with van der Waals surface area (Å²) in [6, 6.07) is 0. The molecule has 0 amide bonds. The van der Waals surface area contributed by atoms with Gasteiger partial charge < -0.3 is 14.4 Å². The number of nitrogens with one attached hydrogen (secondary N) is 1. The van der Waals surface area contributed by atoms with Crippen LogP contribution in [0.3, 0.4) is 0 Å². The molecular formula is C13H26N2O3.